The van der Waals surface area contributed by atoms with E-state index in [-0.39, 0.29) is 17.9 Å². The summed E-state index contributed by atoms with van der Waals surface area (Å²) in [6, 6.07) is 14.8. The smallest absolute Gasteiger partial charge is 0.270 e. The summed E-state index contributed by atoms with van der Waals surface area (Å²) in [5.41, 5.74) is 6.12. The lowest BCUT2D eigenvalue weighted by atomic mass is 9.97. The van der Waals surface area contributed by atoms with Crippen LogP contribution < -0.4 is 15.1 Å². The number of hydrogen-bond acceptors (Lipinski definition) is 6. The van der Waals surface area contributed by atoms with Crippen LogP contribution in [0.3, 0.4) is 0 Å². The van der Waals surface area contributed by atoms with Crippen molar-refractivity contribution in [3.05, 3.63) is 77.6 Å². The topological polar surface area (TPSA) is 72.0 Å². The van der Waals surface area contributed by atoms with Crippen molar-refractivity contribution in [2.75, 3.05) is 63.2 Å². The maximum atomic E-state index is 13.4. The minimum Gasteiger partial charge on any atom is -0.368 e. The van der Waals surface area contributed by atoms with Crippen molar-refractivity contribution in [2.24, 2.45) is 0 Å². The van der Waals surface area contributed by atoms with Crippen molar-refractivity contribution in [3.63, 3.8) is 0 Å². The fraction of sp³-hybridized carbons (Fsp3) is 0.406. The van der Waals surface area contributed by atoms with Crippen LogP contribution in [0.5, 0.6) is 0 Å². The van der Waals surface area contributed by atoms with Gasteiger partial charge in [-0.15, -0.1) is 0 Å². The highest BCUT2D eigenvalue weighted by Gasteiger charge is 2.29. The molecule has 1 saturated heterocycles. The van der Waals surface area contributed by atoms with Crippen molar-refractivity contribution in [1.82, 2.24) is 20.1 Å². The second-order valence-corrected chi connectivity index (χ2v) is 11.2. The molecule has 5 rings (SSSR count). The minimum absolute atomic E-state index is 0.00704. The molecule has 1 N–H and O–H groups in total. The number of rotatable bonds is 7. The van der Waals surface area contributed by atoms with Crippen LogP contribution in [0.2, 0.25) is 0 Å². The average Bonchev–Trinajstić information content (AvgIpc) is 2.95. The number of aryl methyl sites for hydroxylation is 1. The highest BCUT2D eigenvalue weighted by Crippen LogP contribution is 2.35. The van der Waals surface area contributed by atoms with Crippen LogP contribution in [-0.4, -0.2) is 86.0 Å². The van der Waals surface area contributed by atoms with E-state index >= 15 is 0 Å². The molecule has 3 heterocycles. The van der Waals surface area contributed by atoms with E-state index in [1.165, 1.54) is 33.7 Å². The Morgan fingerprint density at radius 3 is 2.48 bits per heavy atom. The number of amides is 2. The van der Waals surface area contributed by atoms with Crippen LogP contribution in [0.25, 0.3) is 10.8 Å². The molecule has 0 saturated carbocycles. The van der Waals surface area contributed by atoms with Crippen LogP contribution >= 0.6 is 0 Å². The van der Waals surface area contributed by atoms with E-state index in [0.29, 0.717) is 38.4 Å². The molecule has 8 nitrogen and oxygen atoms in total. The Kier molecular flexibility index (Phi) is 8.07. The molecule has 2 aliphatic rings. The number of pyridine rings is 1. The summed E-state index contributed by atoms with van der Waals surface area (Å²) in [6.07, 6.45) is 2.22. The number of piperazine rings is 1. The molecule has 210 valence electrons. The predicted molar refractivity (Wildman–Crippen MR) is 162 cm³/mol. The highest BCUT2D eigenvalue weighted by atomic mass is 16.2. The molecular weight excluding hydrogens is 500 g/mol. The lowest BCUT2D eigenvalue weighted by Crippen LogP contribution is -2.49. The first-order valence-electron chi connectivity index (χ1n) is 14.1. The van der Waals surface area contributed by atoms with Gasteiger partial charge in [-0.25, -0.2) is 4.98 Å². The van der Waals surface area contributed by atoms with Crippen LogP contribution in [-0.2, 0) is 17.8 Å². The van der Waals surface area contributed by atoms with Crippen LogP contribution in [0.15, 0.2) is 55.1 Å². The largest absolute Gasteiger partial charge is 0.368 e. The van der Waals surface area contributed by atoms with Crippen molar-refractivity contribution in [1.29, 1.82) is 0 Å². The van der Waals surface area contributed by atoms with Gasteiger partial charge in [-0.05, 0) is 63.5 Å². The quantitative estimate of drug-likeness (QED) is 0.462. The van der Waals surface area contributed by atoms with Gasteiger partial charge in [0.1, 0.15) is 5.69 Å². The molecule has 3 aromatic rings. The number of likely N-dealkylation sites (N-methyl/N-ethyl adjacent to an activating group) is 1. The minimum atomic E-state index is -0.156. The normalized spacial score (nSPS) is 16.2. The molecule has 2 amide bonds. The Hall–Kier alpha value is -3.91. The monoisotopic (exact) mass is 540 g/mol. The fourth-order valence-corrected chi connectivity index (χ4v) is 6.08. The van der Waals surface area contributed by atoms with Gasteiger partial charge in [-0.3, -0.25) is 9.59 Å². The Morgan fingerprint density at radius 2 is 1.77 bits per heavy atom. The van der Waals surface area contributed by atoms with E-state index in [1.807, 2.05) is 32.0 Å². The SMILES string of the molecule is C=CC(=O)N1CCN(c2cc(C(=O)N[C@@H](C)CN(C)C)nc3c2CCN(c2cccc4cccc(C)c24)C3)CC1. The second kappa shape index (κ2) is 11.7. The van der Waals surface area contributed by atoms with Gasteiger partial charge in [-0.1, -0.05) is 36.9 Å². The number of carbonyl (C=O) groups is 2. The van der Waals surface area contributed by atoms with Crippen LogP contribution in [0.4, 0.5) is 11.4 Å². The van der Waals surface area contributed by atoms with Gasteiger partial charge >= 0.3 is 0 Å². The number of aromatic nitrogens is 1. The predicted octanol–water partition coefficient (Wildman–Crippen LogP) is 3.62. The molecule has 0 bridgehead atoms. The third kappa shape index (κ3) is 5.68. The zero-order valence-corrected chi connectivity index (χ0v) is 24.1. The molecule has 0 unspecified atom stereocenters. The fourth-order valence-electron chi connectivity index (χ4n) is 6.08. The summed E-state index contributed by atoms with van der Waals surface area (Å²) in [4.78, 5) is 39.2. The summed E-state index contributed by atoms with van der Waals surface area (Å²) >= 11 is 0. The number of benzene rings is 2. The van der Waals surface area contributed by atoms with E-state index in [0.717, 1.165) is 30.9 Å². The maximum absolute atomic E-state index is 13.4. The Labute approximate surface area is 237 Å². The second-order valence-electron chi connectivity index (χ2n) is 11.2. The molecule has 1 aromatic heterocycles. The first-order chi connectivity index (χ1) is 19.2. The number of fused-ring (bicyclic) bond motifs is 2. The molecule has 0 spiro atoms. The van der Waals surface area contributed by atoms with Crippen molar-refractivity contribution in [2.45, 2.75) is 32.9 Å². The van der Waals surface area contributed by atoms with E-state index in [1.54, 1.807) is 0 Å². The van der Waals surface area contributed by atoms with Crippen LogP contribution in [0, 0.1) is 6.92 Å². The molecule has 1 atom stereocenters. The van der Waals surface area contributed by atoms with Crippen LogP contribution in [0.1, 0.15) is 34.2 Å². The Balaban J connectivity index is 1.49. The summed E-state index contributed by atoms with van der Waals surface area (Å²) in [5, 5.41) is 5.62. The Morgan fingerprint density at radius 1 is 1.05 bits per heavy atom. The lowest BCUT2D eigenvalue weighted by molar-refractivity contribution is -0.126. The lowest BCUT2D eigenvalue weighted by Gasteiger charge is -2.39. The molecule has 2 aliphatic heterocycles. The third-order valence-electron chi connectivity index (χ3n) is 7.95. The maximum Gasteiger partial charge on any atom is 0.270 e. The first kappa shape index (κ1) is 27.6. The van der Waals surface area contributed by atoms with E-state index in [4.69, 9.17) is 4.98 Å². The highest BCUT2D eigenvalue weighted by molar-refractivity contribution is 5.97. The molecule has 8 heteroatoms. The van der Waals surface area contributed by atoms with Gasteiger partial charge < -0.3 is 24.9 Å². The number of nitrogens with one attached hydrogen (secondary N) is 1. The first-order valence-corrected chi connectivity index (χ1v) is 14.1. The van der Waals surface area contributed by atoms with Gasteiger partial charge in [0.15, 0.2) is 0 Å². The summed E-state index contributed by atoms with van der Waals surface area (Å²) in [5.74, 6) is -0.190. The summed E-state index contributed by atoms with van der Waals surface area (Å²) in [7, 11) is 4.00. The standard InChI is InChI=1S/C32H40N6O2/c1-6-30(39)37-17-15-36(16-18-37)29-19-26(32(40)33-23(3)20-35(4)5)34-27-21-38(14-13-25(27)29)28-12-8-11-24-10-7-9-22(2)31(24)28/h6-12,19,23H,1,13-18,20-21H2,2-5H3,(H,33,40)/t23-/m0/s1. The van der Waals surface area contributed by atoms with Crippen molar-refractivity contribution >= 4 is 34.0 Å². The molecule has 40 heavy (non-hydrogen) atoms. The van der Waals surface area contributed by atoms with Gasteiger partial charge in [0.2, 0.25) is 5.91 Å². The van der Waals surface area contributed by atoms with Crippen molar-refractivity contribution < 1.29 is 9.59 Å². The zero-order chi connectivity index (χ0) is 28.4. The molecule has 0 radical (unpaired) electrons. The van der Waals surface area contributed by atoms with Gasteiger partial charge in [0.25, 0.3) is 5.91 Å². The number of hydrogen-bond donors (Lipinski definition) is 1. The van der Waals surface area contributed by atoms with E-state index in [2.05, 4.69) is 69.9 Å². The molecular formula is C32H40N6O2. The molecule has 2 aromatic carbocycles. The van der Waals surface area contributed by atoms with Gasteiger partial charge in [0.05, 0.1) is 12.2 Å². The number of carbonyl (C=O) groups excluding carboxylic acids is 2. The summed E-state index contributed by atoms with van der Waals surface area (Å²) < 4.78 is 0. The molecule has 0 aliphatic carbocycles. The van der Waals surface area contributed by atoms with Crippen molar-refractivity contribution in [3.8, 4) is 0 Å². The molecule has 1 fully saturated rings. The van der Waals surface area contributed by atoms with Gasteiger partial charge in [0, 0.05) is 67.6 Å². The van der Waals surface area contributed by atoms with Gasteiger partial charge in [-0.2, -0.15) is 0 Å². The average molecular weight is 541 g/mol. The Bertz CT molecular complexity index is 1420. The number of nitrogens with zero attached hydrogens (tertiary/aromatic N) is 5. The van der Waals surface area contributed by atoms with E-state index < -0.39 is 0 Å². The zero-order valence-electron chi connectivity index (χ0n) is 24.1. The number of anilines is 2. The van der Waals surface area contributed by atoms with E-state index in [9.17, 15) is 9.59 Å². The third-order valence-corrected chi connectivity index (χ3v) is 7.95. The summed E-state index contributed by atoms with van der Waals surface area (Å²) in [6.45, 7) is 12.7.